The van der Waals surface area contributed by atoms with E-state index in [1.54, 1.807) is 29.5 Å². The normalized spacial score (nSPS) is 13.0. The lowest BCUT2D eigenvalue weighted by Crippen LogP contribution is -1.96. The first-order chi connectivity index (χ1) is 8.63. The quantitative estimate of drug-likeness (QED) is 0.745. The highest BCUT2D eigenvalue weighted by molar-refractivity contribution is 7.12. The van der Waals surface area contributed by atoms with Crippen molar-refractivity contribution in [1.82, 2.24) is 4.98 Å². The first kappa shape index (κ1) is 11.3. The number of hydrogen-bond acceptors (Lipinski definition) is 4. The number of aliphatic hydroxyl groups excluding tert-OH is 1. The zero-order chi connectivity index (χ0) is 12.7. The molecule has 0 amide bonds. The van der Waals surface area contributed by atoms with Crippen LogP contribution in [0.25, 0.3) is 11.1 Å². The fourth-order valence-electron chi connectivity index (χ4n) is 1.90. The van der Waals surface area contributed by atoms with Crippen molar-refractivity contribution in [3.8, 4) is 0 Å². The number of aromatic nitrogens is 1. The molecule has 5 heteroatoms. The molecule has 0 fully saturated rings. The molecule has 4 nitrogen and oxygen atoms in total. The SMILES string of the molecule is Cc1ccc(C(O)c2ccc3[nH]c(=O)oc3c2)s1. The summed E-state index contributed by atoms with van der Waals surface area (Å²) in [7, 11) is 0. The number of rotatable bonds is 2. The molecule has 92 valence electrons. The molecule has 0 aliphatic rings. The smallest absolute Gasteiger partial charge is 0.408 e. The number of fused-ring (bicyclic) bond motifs is 1. The first-order valence-electron chi connectivity index (χ1n) is 5.50. The van der Waals surface area contributed by atoms with Crippen molar-refractivity contribution in [1.29, 1.82) is 0 Å². The number of thiophene rings is 1. The molecule has 0 spiro atoms. The van der Waals surface area contributed by atoms with Crippen LogP contribution < -0.4 is 5.76 Å². The van der Waals surface area contributed by atoms with Crippen LogP contribution in [0.2, 0.25) is 0 Å². The van der Waals surface area contributed by atoms with E-state index in [9.17, 15) is 9.90 Å². The predicted octanol–water partition coefficient (Wildman–Crippen LogP) is 2.57. The van der Waals surface area contributed by atoms with Crippen molar-refractivity contribution in [2.45, 2.75) is 13.0 Å². The molecule has 0 radical (unpaired) electrons. The van der Waals surface area contributed by atoms with Gasteiger partial charge in [0.05, 0.1) is 5.52 Å². The van der Waals surface area contributed by atoms with E-state index in [2.05, 4.69) is 4.98 Å². The summed E-state index contributed by atoms with van der Waals surface area (Å²) in [6.07, 6.45) is -0.687. The van der Waals surface area contributed by atoms with Gasteiger partial charge in [-0.2, -0.15) is 0 Å². The van der Waals surface area contributed by atoms with Crippen LogP contribution in [0.4, 0.5) is 0 Å². The van der Waals surface area contributed by atoms with Gasteiger partial charge in [0, 0.05) is 9.75 Å². The van der Waals surface area contributed by atoms with E-state index in [0.29, 0.717) is 16.7 Å². The van der Waals surface area contributed by atoms with E-state index in [1.807, 2.05) is 19.1 Å². The maximum Gasteiger partial charge on any atom is 0.417 e. The van der Waals surface area contributed by atoms with Gasteiger partial charge >= 0.3 is 5.76 Å². The third-order valence-corrected chi connectivity index (χ3v) is 3.84. The average Bonchev–Trinajstić information content (AvgIpc) is 2.92. The average molecular weight is 261 g/mol. The van der Waals surface area contributed by atoms with Crippen molar-refractivity contribution in [3.63, 3.8) is 0 Å². The Kier molecular flexibility index (Phi) is 2.57. The molecule has 2 aromatic heterocycles. The van der Waals surface area contributed by atoms with Crippen LogP contribution in [0, 0.1) is 6.92 Å². The number of aryl methyl sites for hydroxylation is 1. The molecule has 3 rings (SSSR count). The molecule has 0 saturated heterocycles. The topological polar surface area (TPSA) is 66.2 Å². The molecule has 0 aliphatic carbocycles. The van der Waals surface area contributed by atoms with Crippen LogP contribution in [-0.4, -0.2) is 10.1 Å². The number of aromatic amines is 1. The fourth-order valence-corrected chi connectivity index (χ4v) is 2.79. The van der Waals surface area contributed by atoms with E-state index in [4.69, 9.17) is 4.42 Å². The molecule has 2 N–H and O–H groups in total. The highest BCUT2D eigenvalue weighted by atomic mass is 32.1. The Morgan fingerprint density at radius 1 is 1.33 bits per heavy atom. The summed E-state index contributed by atoms with van der Waals surface area (Å²) in [5.74, 6) is -0.483. The van der Waals surface area contributed by atoms with Gasteiger partial charge in [0.1, 0.15) is 6.10 Å². The number of oxazole rings is 1. The summed E-state index contributed by atoms with van der Waals surface area (Å²) < 4.78 is 4.98. The maximum absolute atomic E-state index is 11.1. The molecule has 0 aliphatic heterocycles. The number of benzene rings is 1. The minimum absolute atomic E-state index is 0.463. The summed E-state index contributed by atoms with van der Waals surface area (Å²) in [6, 6.07) is 9.08. The van der Waals surface area contributed by atoms with Gasteiger partial charge in [0.15, 0.2) is 5.58 Å². The Morgan fingerprint density at radius 3 is 2.89 bits per heavy atom. The fraction of sp³-hybridized carbons (Fsp3) is 0.154. The Hall–Kier alpha value is -1.85. The number of aliphatic hydroxyl groups is 1. The summed E-state index contributed by atoms with van der Waals surface area (Å²) in [6.45, 7) is 2.00. The zero-order valence-electron chi connectivity index (χ0n) is 9.64. The third-order valence-electron chi connectivity index (χ3n) is 2.79. The van der Waals surface area contributed by atoms with Gasteiger partial charge in [-0.3, -0.25) is 4.98 Å². The molecule has 0 bridgehead atoms. The van der Waals surface area contributed by atoms with Crippen LogP contribution in [0.5, 0.6) is 0 Å². The van der Waals surface area contributed by atoms with Crippen LogP contribution in [0.1, 0.15) is 21.4 Å². The molecule has 2 heterocycles. The molecule has 0 saturated carbocycles. The van der Waals surface area contributed by atoms with Crippen molar-refractivity contribution in [2.75, 3.05) is 0 Å². The number of hydrogen-bond donors (Lipinski definition) is 2. The number of nitrogens with one attached hydrogen (secondary N) is 1. The summed E-state index contributed by atoms with van der Waals surface area (Å²) in [5, 5.41) is 10.3. The van der Waals surface area contributed by atoms with E-state index >= 15 is 0 Å². The lowest BCUT2D eigenvalue weighted by Gasteiger charge is -2.08. The van der Waals surface area contributed by atoms with Crippen molar-refractivity contribution >= 4 is 22.4 Å². The first-order valence-corrected chi connectivity index (χ1v) is 6.32. The van der Waals surface area contributed by atoms with Crippen LogP contribution in [-0.2, 0) is 0 Å². The Balaban J connectivity index is 2.05. The number of H-pyrrole nitrogens is 1. The van der Waals surface area contributed by atoms with Gasteiger partial charge < -0.3 is 9.52 Å². The van der Waals surface area contributed by atoms with Crippen LogP contribution in [0.3, 0.4) is 0 Å². The molecular formula is C13H11NO3S. The van der Waals surface area contributed by atoms with Crippen molar-refractivity contribution in [2.24, 2.45) is 0 Å². The lowest BCUT2D eigenvalue weighted by molar-refractivity contribution is 0.224. The van der Waals surface area contributed by atoms with E-state index in [0.717, 1.165) is 9.75 Å². The maximum atomic E-state index is 11.1. The van der Waals surface area contributed by atoms with Gasteiger partial charge in [0.2, 0.25) is 0 Å². The van der Waals surface area contributed by atoms with E-state index in [-0.39, 0.29) is 0 Å². The molecule has 1 aromatic carbocycles. The van der Waals surface area contributed by atoms with Gasteiger partial charge in [-0.1, -0.05) is 6.07 Å². The van der Waals surface area contributed by atoms with Gasteiger partial charge in [0.25, 0.3) is 0 Å². The second-order valence-corrected chi connectivity index (χ2v) is 5.44. The summed E-state index contributed by atoms with van der Waals surface area (Å²) in [4.78, 5) is 15.7. The Morgan fingerprint density at radius 2 is 2.17 bits per heavy atom. The molecule has 18 heavy (non-hydrogen) atoms. The highest BCUT2D eigenvalue weighted by Gasteiger charge is 2.14. The van der Waals surface area contributed by atoms with Gasteiger partial charge in [-0.25, -0.2) is 4.79 Å². The van der Waals surface area contributed by atoms with Crippen molar-refractivity contribution in [3.05, 3.63) is 56.2 Å². The minimum atomic E-state index is -0.687. The van der Waals surface area contributed by atoms with Crippen molar-refractivity contribution < 1.29 is 9.52 Å². The second kappa shape index (κ2) is 4.12. The van der Waals surface area contributed by atoms with Gasteiger partial charge in [-0.05, 0) is 36.8 Å². The Labute approximate surface area is 107 Å². The largest absolute Gasteiger partial charge is 0.417 e. The predicted molar refractivity (Wildman–Crippen MR) is 70.0 cm³/mol. The second-order valence-electron chi connectivity index (χ2n) is 4.12. The lowest BCUT2D eigenvalue weighted by atomic mass is 10.1. The summed E-state index contributed by atoms with van der Waals surface area (Å²) in [5.41, 5.74) is 1.82. The molecule has 1 unspecified atom stereocenters. The molecule has 3 aromatic rings. The van der Waals surface area contributed by atoms with Crippen LogP contribution >= 0.6 is 11.3 Å². The molecule has 1 atom stereocenters. The monoisotopic (exact) mass is 261 g/mol. The third kappa shape index (κ3) is 1.87. The molecular weight excluding hydrogens is 250 g/mol. The van der Waals surface area contributed by atoms with E-state index in [1.165, 1.54) is 0 Å². The minimum Gasteiger partial charge on any atom is -0.408 e. The summed E-state index contributed by atoms with van der Waals surface area (Å²) >= 11 is 1.55. The van der Waals surface area contributed by atoms with Crippen LogP contribution in [0.15, 0.2) is 39.5 Å². The Bertz CT molecular complexity index is 753. The highest BCUT2D eigenvalue weighted by Crippen LogP contribution is 2.29. The van der Waals surface area contributed by atoms with Gasteiger partial charge in [-0.15, -0.1) is 11.3 Å². The van der Waals surface area contributed by atoms with E-state index < -0.39 is 11.9 Å². The standard InChI is InChI=1S/C13H11NO3S/c1-7-2-5-11(18-7)12(15)8-3-4-9-10(6-8)17-13(16)14-9/h2-6,12,15H,1H3,(H,14,16). The zero-order valence-corrected chi connectivity index (χ0v) is 10.5.